The molecule has 0 unspecified atom stereocenters. The summed E-state index contributed by atoms with van der Waals surface area (Å²) in [5.74, 6) is 0. The van der Waals surface area contributed by atoms with Crippen LogP contribution in [0.15, 0.2) is 119 Å². The molecule has 0 spiro atoms. The van der Waals surface area contributed by atoms with E-state index in [1.54, 1.807) is 0 Å². The maximum Gasteiger partial charge on any atom is 0.0570 e. The largest absolute Gasteiger partial charge is 0.159 e. The Morgan fingerprint density at radius 1 is 0.433 bits per heavy atom. The van der Waals surface area contributed by atoms with Gasteiger partial charge in [0.2, 0.25) is 0 Å². The highest BCUT2D eigenvalue weighted by Gasteiger charge is 2.02. The van der Waals surface area contributed by atoms with Gasteiger partial charge in [-0.15, -0.1) is 0 Å². The summed E-state index contributed by atoms with van der Waals surface area (Å²) in [6.07, 6.45) is 5.45. The third-order valence-corrected chi connectivity index (χ3v) is 5.05. The molecule has 0 aliphatic heterocycles. The number of benzene rings is 4. The van der Waals surface area contributed by atoms with Crippen molar-refractivity contribution in [2.24, 2.45) is 10.2 Å². The van der Waals surface area contributed by atoms with Crippen molar-refractivity contribution in [1.82, 2.24) is 0 Å². The zero-order valence-electron chi connectivity index (χ0n) is 16.9. The molecule has 0 saturated heterocycles. The predicted molar refractivity (Wildman–Crippen MR) is 127 cm³/mol. The average Bonchev–Trinajstić information content (AvgIpc) is 2.80. The summed E-state index contributed by atoms with van der Waals surface area (Å²) >= 11 is 0. The van der Waals surface area contributed by atoms with Crippen molar-refractivity contribution in [2.45, 2.75) is 12.8 Å². The Bertz CT molecular complexity index is 1040. The van der Waals surface area contributed by atoms with E-state index in [1.807, 2.05) is 36.7 Å². The summed E-state index contributed by atoms with van der Waals surface area (Å²) in [5.41, 5.74) is 7.25. The van der Waals surface area contributed by atoms with Gasteiger partial charge in [-0.2, -0.15) is 10.2 Å². The number of rotatable bonds is 7. The molecule has 0 aliphatic rings. The van der Waals surface area contributed by atoms with Crippen molar-refractivity contribution in [3.05, 3.63) is 143 Å². The van der Waals surface area contributed by atoms with E-state index in [2.05, 4.69) is 95.1 Å². The minimum Gasteiger partial charge on any atom is -0.159 e. The number of hydrogen-bond acceptors (Lipinski definition) is 2. The molecule has 0 saturated carbocycles. The molecule has 0 N–H and O–H groups in total. The molecule has 4 aromatic carbocycles. The molecule has 4 rings (SSSR count). The summed E-state index contributed by atoms with van der Waals surface area (Å²) in [7, 11) is 0. The quantitative estimate of drug-likeness (QED) is 0.261. The minimum absolute atomic E-state index is 0.882. The molecule has 146 valence electrons. The van der Waals surface area contributed by atoms with Crippen molar-refractivity contribution < 1.29 is 0 Å². The molecule has 4 aromatic rings. The second kappa shape index (κ2) is 10.1. The molecule has 2 nitrogen and oxygen atoms in total. The summed E-state index contributed by atoms with van der Waals surface area (Å²) in [6, 6.07) is 37.6. The van der Waals surface area contributed by atoms with Gasteiger partial charge in [0, 0.05) is 0 Å². The standard InChI is InChI=1S/C28H24N2/c1-3-11-23(12-4-1)19-25-15-7-9-17-27(25)21-29-30-22-28-18-10-8-16-26(28)20-24-13-5-2-6-14-24/h1-18,21-22H,19-20H2. The van der Waals surface area contributed by atoms with Crippen LogP contribution in [0.1, 0.15) is 33.4 Å². The van der Waals surface area contributed by atoms with Crippen LogP contribution in [0.4, 0.5) is 0 Å². The first-order valence-corrected chi connectivity index (χ1v) is 10.2. The molecule has 0 aromatic heterocycles. The highest BCUT2D eigenvalue weighted by Crippen LogP contribution is 2.14. The second-order valence-electron chi connectivity index (χ2n) is 7.21. The predicted octanol–water partition coefficient (Wildman–Crippen LogP) is 6.32. The molecule has 0 fully saturated rings. The van der Waals surface area contributed by atoms with Crippen LogP contribution in [0, 0.1) is 0 Å². The fraction of sp³-hybridized carbons (Fsp3) is 0.0714. The summed E-state index contributed by atoms with van der Waals surface area (Å²) in [6.45, 7) is 0. The number of nitrogens with zero attached hydrogens (tertiary/aromatic N) is 2. The lowest BCUT2D eigenvalue weighted by Crippen LogP contribution is -1.95. The van der Waals surface area contributed by atoms with E-state index in [9.17, 15) is 0 Å². The van der Waals surface area contributed by atoms with Gasteiger partial charge in [0.25, 0.3) is 0 Å². The van der Waals surface area contributed by atoms with Gasteiger partial charge in [-0.05, 0) is 46.2 Å². The van der Waals surface area contributed by atoms with Gasteiger partial charge in [-0.25, -0.2) is 0 Å². The van der Waals surface area contributed by atoms with E-state index < -0.39 is 0 Å². The SMILES string of the molecule is C(=NN=Cc1ccccc1Cc1ccccc1)c1ccccc1Cc1ccccc1. The van der Waals surface area contributed by atoms with Crippen LogP contribution in [-0.2, 0) is 12.8 Å². The van der Waals surface area contributed by atoms with Crippen molar-refractivity contribution in [3.63, 3.8) is 0 Å². The van der Waals surface area contributed by atoms with Crippen LogP contribution < -0.4 is 0 Å². The lowest BCUT2D eigenvalue weighted by molar-refractivity contribution is 1.17. The fourth-order valence-corrected chi connectivity index (χ4v) is 3.46. The van der Waals surface area contributed by atoms with E-state index >= 15 is 0 Å². The van der Waals surface area contributed by atoms with Gasteiger partial charge in [-0.3, -0.25) is 0 Å². The Kier molecular flexibility index (Phi) is 6.59. The van der Waals surface area contributed by atoms with Gasteiger partial charge in [0.15, 0.2) is 0 Å². The Morgan fingerprint density at radius 3 is 1.23 bits per heavy atom. The minimum atomic E-state index is 0.882. The van der Waals surface area contributed by atoms with Gasteiger partial charge in [-0.1, -0.05) is 109 Å². The molecule has 30 heavy (non-hydrogen) atoms. The van der Waals surface area contributed by atoms with E-state index in [0.717, 1.165) is 24.0 Å². The molecule has 0 heterocycles. The van der Waals surface area contributed by atoms with Crippen LogP contribution in [-0.4, -0.2) is 12.4 Å². The van der Waals surface area contributed by atoms with Crippen LogP contribution in [0.2, 0.25) is 0 Å². The lowest BCUT2D eigenvalue weighted by Gasteiger charge is -2.06. The first-order chi connectivity index (χ1) is 14.9. The molecule has 0 atom stereocenters. The summed E-state index contributed by atoms with van der Waals surface area (Å²) in [4.78, 5) is 0. The molecule has 0 aliphatic carbocycles. The van der Waals surface area contributed by atoms with Crippen molar-refractivity contribution in [2.75, 3.05) is 0 Å². The van der Waals surface area contributed by atoms with Gasteiger partial charge in [0.05, 0.1) is 12.4 Å². The van der Waals surface area contributed by atoms with E-state index in [0.29, 0.717) is 0 Å². The number of hydrogen-bond donors (Lipinski definition) is 0. The van der Waals surface area contributed by atoms with E-state index in [1.165, 1.54) is 22.3 Å². The van der Waals surface area contributed by atoms with Crippen LogP contribution in [0.5, 0.6) is 0 Å². The molecule has 0 bridgehead atoms. The normalized spacial score (nSPS) is 11.3. The monoisotopic (exact) mass is 388 g/mol. The Hall–Kier alpha value is -3.78. The molecule has 2 heteroatoms. The highest BCUT2D eigenvalue weighted by atomic mass is 15.2. The second-order valence-corrected chi connectivity index (χ2v) is 7.21. The van der Waals surface area contributed by atoms with Crippen LogP contribution in [0.25, 0.3) is 0 Å². The molecule has 0 radical (unpaired) electrons. The van der Waals surface area contributed by atoms with E-state index in [4.69, 9.17) is 0 Å². The van der Waals surface area contributed by atoms with Crippen LogP contribution >= 0.6 is 0 Å². The fourth-order valence-electron chi connectivity index (χ4n) is 3.46. The van der Waals surface area contributed by atoms with Crippen molar-refractivity contribution >= 4 is 12.4 Å². The van der Waals surface area contributed by atoms with E-state index in [-0.39, 0.29) is 0 Å². The molecular weight excluding hydrogens is 364 g/mol. The van der Waals surface area contributed by atoms with Crippen LogP contribution in [0.3, 0.4) is 0 Å². The maximum atomic E-state index is 4.33. The first kappa shape index (κ1) is 19.5. The van der Waals surface area contributed by atoms with Gasteiger partial charge in [0.1, 0.15) is 0 Å². The zero-order chi connectivity index (χ0) is 20.4. The van der Waals surface area contributed by atoms with Gasteiger partial charge < -0.3 is 0 Å². The Balaban J connectivity index is 1.48. The zero-order valence-corrected chi connectivity index (χ0v) is 16.9. The summed E-state index contributed by atoms with van der Waals surface area (Å²) in [5, 5.41) is 8.66. The smallest absolute Gasteiger partial charge is 0.0570 e. The average molecular weight is 389 g/mol. The molecular formula is C28H24N2. The Morgan fingerprint density at radius 2 is 0.800 bits per heavy atom. The highest BCUT2D eigenvalue weighted by molar-refractivity contribution is 5.85. The lowest BCUT2D eigenvalue weighted by atomic mass is 10.0. The first-order valence-electron chi connectivity index (χ1n) is 10.2. The molecule has 0 amide bonds. The third-order valence-electron chi connectivity index (χ3n) is 5.05. The topological polar surface area (TPSA) is 24.7 Å². The van der Waals surface area contributed by atoms with Crippen molar-refractivity contribution in [1.29, 1.82) is 0 Å². The van der Waals surface area contributed by atoms with Gasteiger partial charge >= 0.3 is 0 Å². The Labute approximate surface area is 178 Å². The summed E-state index contributed by atoms with van der Waals surface area (Å²) < 4.78 is 0. The third kappa shape index (κ3) is 5.39. The van der Waals surface area contributed by atoms with Crippen molar-refractivity contribution in [3.8, 4) is 0 Å². The maximum absolute atomic E-state index is 4.33.